The maximum absolute atomic E-state index is 12.2. The van der Waals surface area contributed by atoms with Gasteiger partial charge in [0.1, 0.15) is 0 Å². The van der Waals surface area contributed by atoms with Gasteiger partial charge in [0.25, 0.3) is 5.91 Å². The molecule has 0 saturated heterocycles. The maximum Gasteiger partial charge on any atom is 0.272 e. The number of amides is 1. The van der Waals surface area contributed by atoms with Crippen LogP contribution in [0.15, 0.2) is 0 Å². The van der Waals surface area contributed by atoms with E-state index in [-0.39, 0.29) is 36.2 Å². The molecule has 0 aliphatic carbocycles. The van der Waals surface area contributed by atoms with Crippen LogP contribution in [0.5, 0.6) is 0 Å². The fourth-order valence-corrected chi connectivity index (χ4v) is 2.84. The number of rotatable bonds is 5. The Bertz CT molecular complexity index is 451. The molecule has 8 heteroatoms. The molecule has 0 fully saturated rings. The van der Waals surface area contributed by atoms with Crippen LogP contribution in [0.1, 0.15) is 28.7 Å². The van der Waals surface area contributed by atoms with Crippen LogP contribution in [0.4, 0.5) is 0 Å². The zero-order chi connectivity index (χ0) is 13.8. The Hall–Kier alpha value is -0.760. The second-order valence-corrected chi connectivity index (χ2v) is 5.75. The number of nitrogens with zero attached hydrogens (tertiary/aromatic N) is 1. The molecular weight excluding hydrogens is 300 g/mol. The third-order valence-corrected chi connectivity index (χ3v) is 4.58. The molecule has 1 amide bonds. The Balaban J connectivity index is 0.00000200. The number of halogens is 1. The summed E-state index contributed by atoms with van der Waals surface area (Å²) in [6.45, 7) is 3.52. The van der Waals surface area contributed by atoms with E-state index in [9.17, 15) is 9.90 Å². The Kier molecular flexibility index (Phi) is 6.81. The minimum atomic E-state index is -0.179. The Morgan fingerprint density at radius 2 is 2.35 bits per heavy atom. The summed E-state index contributed by atoms with van der Waals surface area (Å²) in [7, 11) is 0. The van der Waals surface area contributed by atoms with Crippen LogP contribution in [0.25, 0.3) is 0 Å². The van der Waals surface area contributed by atoms with Crippen molar-refractivity contribution in [3.63, 3.8) is 0 Å². The summed E-state index contributed by atoms with van der Waals surface area (Å²) in [4.78, 5) is 12.2. The van der Waals surface area contributed by atoms with E-state index in [1.54, 1.807) is 11.8 Å². The molecule has 0 radical (unpaired) electrons. The maximum atomic E-state index is 12.2. The first kappa shape index (κ1) is 17.3. The number of hydrogen-bond donors (Lipinski definition) is 4. The smallest absolute Gasteiger partial charge is 0.272 e. The Morgan fingerprint density at radius 3 is 3.00 bits per heavy atom. The predicted octanol–water partition coefficient (Wildman–Crippen LogP) is 0.319. The van der Waals surface area contributed by atoms with Gasteiger partial charge >= 0.3 is 0 Å². The first-order chi connectivity index (χ1) is 9.17. The number of carbonyl (C=O) groups excluding carboxylic acids is 1. The quantitative estimate of drug-likeness (QED) is 0.627. The van der Waals surface area contributed by atoms with E-state index in [1.165, 1.54) is 0 Å². The molecule has 1 aliphatic rings. The fourth-order valence-electron chi connectivity index (χ4n) is 2.22. The number of H-pyrrole nitrogens is 1. The highest BCUT2D eigenvalue weighted by Gasteiger charge is 2.24. The first-order valence-electron chi connectivity index (χ1n) is 6.38. The summed E-state index contributed by atoms with van der Waals surface area (Å²) < 4.78 is 0. The van der Waals surface area contributed by atoms with Crippen molar-refractivity contribution in [1.29, 1.82) is 0 Å². The summed E-state index contributed by atoms with van der Waals surface area (Å²) in [5, 5.41) is 22.4. The molecule has 1 aromatic heterocycles. The van der Waals surface area contributed by atoms with Crippen molar-refractivity contribution in [2.75, 3.05) is 19.4 Å². The van der Waals surface area contributed by atoms with Gasteiger partial charge < -0.3 is 15.7 Å². The zero-order valence-corrected chi connectivity index (χ0v) is 13.2. The van der Waals surface area contributed by atoms with E-state index in [2.05, 4.69) is 20.8 Å². The summed E-state index contributed by atoms with van der Waals surface area (Å²) in [6, 6.07) is -0.101. The molecule has 1 aliphatic heterocycles. The molecule has 2 atom stereocenters. The molecule has 6 nitrogen and oxygen atoms in total. The third-order valence-electron chi connectivity index (χ3n) is 3.42. The standard InChI is InChI=1S/C12H20N4O2S.ClH/c1-7(10(6-17)19-2)14-12(18)11-8-5-13-4-3-9(8)15-16-11;/h7,10,13,17H,3-6H2,1-2H3,(H,14,18)(H,15,16);1H. The average molecular weight is 321 g/mol. The van der Waals surface area contributed by atoms with Gasteiger partial charge in [0.05, 0.1) is 6.61 Å². The number of fused-ring (bicyclic) bond motifs is 1. The molecule has 2 unspecified atom stereocenters. The minimum Gasteiger partial charge on any atom is -0.395 e. The van der Waals surface area contributed by atoms with E-state index in [0.29, 0.717) is 12.2 Å². The molecule has 20 heavy (non-hydrogen) atoms. The van der Waals surface area contributed by atoms with Gasteiger partial charge in [-0.15, -0.1) is 12.4 Å². The van der Waals surface area contributed by atoms with Gasteiger partial charge in [-0.05, 0) is 13.2 Å². The van der Waals surface area contributed by atoms with Gasteiger partial charge in [0.15, 0.2) is 5.69 Å². The van der Waals surface area contributed by atoms with Gasteiger partial charge in [-0.1, -0.05) is 0 Å². The van der Waals surface area contributed by atoms with E-state index >= 15 is 0 Å². The molecule has 2 rings (SSSR count). The summed E-state index contributed by atoms with van der Waals surface area (Å²) in [6.07, 6.45) is 2.79. The molecular formula is C12H21ClN4O2S. The molecule has 0 bridgehead atoms. The molecule has 114 valence electrons. The van der Waals surface area contributed by atoms with Gasteiger partial charge in [-0.2, -0.15) is 16.9 Å². The molecule has 4 N–H and O–H groups in total. The normalized spacial score (nSPS) is 16.8. The van der Waals surface area contributed by atoms with Gasteiger partial charge in [0, 0.05) is 42.1 Å². The van der Waals surface area contributed by atoms with Crippen LogP contribution < -0.4 is 10.6 Å². The monoisotopic (exact) mass is 320 g/mol. The topological polar surface area (TPSA) is 90.0 Å². The lowest BCUT2D eigenvalue weighted by molar-refractivity contribution is 0.0929. The minimum absolute atomic E-state index is 0. The molecule has 0 aromatic carbocycles. The second-order valence-electron chi connectivity index (χ2n) is 4.67. The van der Waals surface area contributed by atoms with Crippen molar-refractivity contribution in [2.24, 2.45) is 0 Å². The van der Waals surface area contributed by atoms with E-state index in [4.69, 9.17) is 0 Å². The van der Waals surface area contributed by atoms with Crippen molar-refractivity contribution in [3.8, 4) is 0 Å². The first-order valence-corrected chi connectivity index (χ1v) is 7.67. The fraction of sp³-hybridized carbons (Fsp3) is 0.667. The summed E-state index contributed by atoms with van der Waals surface area (Å²) >= 11 is 1.54. The predicted molar refractivity (Wildman–Crippen MR) is 82.6 cm³/mol. The highest BCUT2D eigenvalue weighted by atomic mass is 35.5. The number of aromatic amines is 1. The second kappa shape index (κ2) is 7.87. The van der Waals surface area contributed by atoms with Crippen molar-refractivity contribution in [1.82, 2.24) is 20.8 Å². The van der Waals surface area contributed by atoms with Crippen molar-refractivity contribution >= 4 is 30.1 Å². The number of aromatic nitrogens is 2. The van der Waals surface area contributed by atoms with Crippen LogP contribution in [0, 0.1) is 0 Å². The number of hydrogen-bond acceptors (Lipinski definition) is 5. The van der Waals surface area contributed by atoms with E-state index < -0.39 is 0 Å². The SMILES string of the molecule is CSC(CO)C(C)NC(=O)c1n[nH]c2c1CNCC2.Cl. The molecule has 1 aromatic rings. The number of nitrogens with one attached hydrogen (secondary N) is 3. The summed E-state index contributed by atoms with van der Waals surface area (Å²) in [5.41, 5.74) is 2.47. The van der Waals surface area contributed by atoms with Crippen LogP contribution in [-0.2, 0) is 13.0 Å². The van der Waals surface area contributed by atoms with Crippen molar-refractivity contribution < 1.29 is 9.90 Å². The molecule has 0 saturated carbocycles. The van der Waals surface area contributed by atoms with Gasteiger partial charge in [0.2, 0.25) is 0 Å². The van der Waals surface area contributed by atoms with E-state index in [1.807, 2.05) is 13.2 Å². The number of aliphatic hydroxyl groups excluding tert-OH is 1. The average Bonchev–Trinajstić information content (AvgIpc) is 2.84. The number of aliphatic hydroxyl groups is 1. The van der Waals surface area contributed by atoms with Crippen LogP contribution in [0.2, 0.25) is 0 Å². The van der Waals surface area contributed by atoms with Crippen LogP contribution in [0.3, 0.4) is 0 Å². The number of thioether (sulfide) groups is 1. The van der Waals surface area contributed by atoms with Crippen LogP contribution in [-0.4, -0.2) is 51.9 Å². The molecule has 2 heterocycles. The Labute approximate surface area is 128 Å². The lowest BCUT2D eigenvalue weighted by Crippen LogP contribution is -2.41. The largest absolute Gasteiger partial charge is 0.395 e. The third kappa shape index (κ3) is 3.66. The zero-order valence-electron chi connectivity index (χ0n) is 11.6. The van der Waals surface area contributed by atoms with Gasteiger partial charge in [-0.25, -0.2) is 0 Å². The van der Waals surface area contributed by atoms with Gasteiger partial charge in [-0.3, -0.25) is 9.89 Å². The summed E-state index contributed by atoms with van der Waals surface area (Å²) in [5.74, 6) is -0.179. The molecule has 0 spiro atoms. The Morgan fingerprint density at radius 1 is 1.60 bits per heavy atom. The van der Waals surface area contributed by atoms with Crippen molar-refractivity contribution in [3.05, 3.63) is 17.0 Å². The lowest BCUT2D eigenvalue weighted by Gasteiger charge is -2.21. The highest BCUT2D eigenvalue weighted by molar-refractivity contribution is 7.99. The highest BCUT2D eigenvalue weighted by Crippen LogP contribution is 2.16. The lowest BCUT2D eigenvalue weighted by atomic mass is 10.1. The van der Waals surface area contributed by atoms with E-state index in [0.717, 1.165) is 24.2 Å². The number of carbonyl (C=O) groups is 1. The van der Waals surface area contributed by atoms with Crippen LogP contribution >= 0.6 is 24.2 Å². The van der Waals surface area contributed by atoms with Crippen molar-refractivity contribution in [2.45, 2.75) is 31.2 Å².